The summed E-state index contributed by atoms with van der Waals surface area (Å²) in [7, 11) is 1.91. The van der Waals surface area contributed by atoms with Crippen molar-refractivity contribution in [2.45, 2.75) is 41.0 Å². The van der Waals surface area contributed by atoms with Gasteiger partial charge in [0.2, 0.25) is 0 Å². The summed E-state index contributed by atoms with van der Waals surface area (Å²) in [6, 6.07) is 34.5. The van der Waals surface area contributed by atoms with Crippen LogP contribution in [0.4, 0.5) is 5.69 Å². The highest BCUT2D eigenvalue weighted by Crippen LogP contribution is 2.35. The van der Waals surface area contributed by atoms with Crippen molar-refractivity contribution in [3.63, 3.8) is 0 Å². The standard InChI is InChI=1S/C24H29NO4.C19H17NOS.ClH/c1-5-26-21-10-9-17(14-22(21)27-6-2)13-20-19-16-24(29-8-4)23(28-7-3)15-18(19)11-12-25-20;1-14-6-5-9-17(12-14)20(2)19(22)21-18-11-10-15-7-3-4-8-16(15)13-18;/h9-12,14-16H,5-8,13H2,1-4H3;3-13H,1-2H3;1H. The lowest BCUT2D eigenvalue weighted by atomic mass is 10.0. The number of benzene rings is 5. The van der Waals surface area contributed by atoms with Gasteiger partial charge in [0, 0.05) is 30.7 Å². The Kier molecular flexibility index (Phi) is 14.9. The molecule has 0 saturated heterocycles. The van der Waals surface area contributed by atoms with Crippen molar-refractivity contribution in [1.82, 2.24) is 4.98 Å². The number of fused-ring (bicyclic) bond motifs is 2. The maximum absolute atomic E-state index is 5.84. The first-order chi connectivity index (χ1) is 24.8. The number of pyridine rings is 1. The van der Waals surface area contributed by atoms with Gasteiger partial charge in [-0.2, -0.15) is 0 Å². The van der Waals surface area contributed by atoms with Gasteiger partial charge in [-0.3, -0.25) is 4.98 Å². The zero-order valence-corrected chi connectivity index (χ0v) is 32.3. The average molecular weight is 739 g/mol. The van der Waals surface area contributed by atoms with Gasteiger partial charge in [-0.1, -0.05) is 48.5 Å². The van der Waals surface area contributed by atoms with Crippen molar-refractivity contribution in [3.05, 3.63) is 126 Å². The number of rotatable bonds is 12. The lowest BCUT2D eigenvalue weighted by molar-refractivity contribution is 0.287. The summed E-state index contributed by atoms with van der Waals surface area (Å²) >= 11 is 5.41. The first-order valence-electron chi connectivity index (χ1n) is 17.4. The van der Waals surface area contributed by atoms with Crippen molar-refractivity contribution < 1.29 is 23.7 Å². The van der Waals surface area contributed by atoms with Crippen LogP contribution in [-0.4, -0.2) is 43.6 Å². The van der Waals surface area contributed by atoms with Gasteiger partial charge in [-0.15, -0.1) is 12.4 Å². The topological polar surface area (TPSA) is 62.3 Å². The molecule has 272 valence electrons. The first-order valence-corrected chi connectivity index (χ1v) is 17.8. The van der Waals surface area contributed by atoms with E-state index in [1.807, 2.05) is 119 Å². The Balaban J connectivity index is 0.000000236. The van der Waals surface area contributed by atoms with E-state index in [4.69, 9.17) is 35.9 Å². The average Bonchev–Trinajstić information content (AvgIpc) is 3.13. The van der Waals surface area contributed by atoms with Gasteiger partial charge in [-0.05, 0) is 129 Å². The number of nitrogens with zero attached hydrogens (tertiary/aromatic N) is 2. The van der Waals surface area contributed by atoms with E-state index < -0.39 is 0 Å². The molecule has 5 aromatic carbocycles. The van der Waals surface area contributed by atoms with Gasteiger partial charge in [0.1, 0.15) is 5.75 Å². The highest BCUT2D eigenvalue weighted by molar-refractivity contribution is 7.80. The molecule has 7 nitrogen and oxygen atoms in total. The van der Waals surface area contributed by atoms with Crippen LogP contribution in [0, 0.1) is 6.92 Å². The summed E-state index contributed by atoms with van der Waals surface area (Å²) in [6.45, 7) is 12.3. The molecule has 52 heavy (non-hydrogen) atoms. The third-order valence-corrected chi connectivity index (χ3v) is 8.44. The van der Waals surface area contributed by atoms with Crippen LogP contribution < -0.4 is 28.6 Å². The number of aryl methyl sites for hydroxylation is 1. The molecular formula is C43H47ClN2O5S. The Morgan fingerprint density at radius 2 is 1.29 bits per heavy atom. The second kappa shape index (κ2) is 19.5. The van der Waals surface area contributed by atoms with Crippen LogP contribution in [0.1, 0.15) is 44.5 Å². The zero-order chi connectivity index (χ0) is 36.2. The summed E-state index contributed by atoms with van der Waals surface area (Å²) in [5, 5.41) is 4.90. The van der Waals surface area contributed by atoms with E-state index in [-0.39, 0.29) is 12.4 Å². The SMILES string of the molecule is CCOc1ccc(Cc2nccc3cc(OCC)c(OCC)cc23)cc1OCC.Cc1cccc(N(C)C(=S)Oc2ccc3ccccc3c2)c1.Cl. The molecule has 0 aliphatic carbocycles. The third-order valence-electron chi connectivity index (χ3n) is 8.08. The summed E-state index contributed by atoms with van der Waals surface area (Å²) in [5.74, 6) is 3.80. The molecule has 0 atom stereocenters. The van der Waals surface area contributed by atoms with Gasteiger partial charge in [-0.25, -0.2) is 0 Å². The molecule has 0 saturated carbocycles. The Morgan fingerprint density at radius 1 is 0.635 bits per heavy atom. The molecule has 1 heterocycles. The fourth-order valence-corrected chi connectivity index (χ4v) is 5.86. The summed E-state index contributed by atoms with van der Waals surface area (Å²) in [4.78, 5) is 6.52. The van der Waals surface area contributed by atoms with E-state index >= 15 is 0 Å². The minimum atomic E-state index is 0. The number of aromatic nitrogens is 1. The Hall–Kier alpha value is -5.05. The quantitative estimate of drug-likeness (QED) is 0.115. The van der Waals surface area contributed by atoms with Gasteiger partial charge in [0.25, 0.3) is 5.17 Å². The van der Waals surface area contributed by atoms with E-state index in [2.05, 4.69) is 42.2 Å². The summed E-state index contributed by atoms with van der Waals surface area (Å²) in [6.07, 6.45) is 2.52. The van der Waals surface area contributed by atoms with E-state index in [0.717, 1.165) is 61.9 Å². The normalized spacial score (nSPS) is 10.4. The fourth-order valence-electron chi connectivity index (χ4n) is 5.66. The zero-order valence-electron chi connectivity index (χ0n) is 30.7. The van der Waals surface area contributed by atoms with Gasteiger partial charge >= 0.3 is 0 Å². The van der Waals surface area contributed by atoms with Crippen LogP contribution in [0.15, 0.2) is 109 Å². The van der Waals surface area contributed by atoms with Crippen molar-refractivity contribution in [1.29, 1.82) is 0 Å². The van der Waals surface area contributed by atoms with Crippen molar-refractivity contribution >= 4 is 57.0 Å². The number of ether oxygens (including phenoxy) is 5. The van der Waals surface area contributed by atoms with Crippen LogP contribution in [0.5, 0.6) is 28.7 Å². The van der Waals surface area contributed by atoms with Crippen LogP contribution in [0.2, 0.25) is 0 Å². The van der Waals surface area contributed by atoms with Gasteiger partial charge < -0.3 is 28.6 Å². The minimum Gasteiger partial charge on any atom is -0.490 e. The summed E-state index contributed by atoms with van der Waals surface area (Å²) < 4.78 is 28.8. The Bertz CT molecular complexity index is 2090. The number of anilines is 1. The molecule has 0 radical (unpaired) electrons. The van der Waals surface area contributed by atoms with Crippen LogP contribution in [0.3, 0.4) is 0 Å². The van der Waals surface area contributed by atoms with Crippen LogP contribution in [-0.2, 0) is 6.42 Å². The van der Waals surface area contributed by atoms with Crippen LogP contribution in [0.25, 0.3) is 21.5 Å². The highest BCUT2D eigenvalue weighted by Gasteiger charge is 2.14. The van der Waals surface area contributed by atoms with Crippen molar-refractivity contribution in [3.8, 4) is 28.7 Å². The minimum absolute atomic E-state index is 0. The largest absolute Gasteiger partial charge is 0.490 e. The lowest BCUT2D eigenvalue weighted by Gasteiger charge is -2.20. The number of hydrogen-bond donors (Lipinski definition) is 0. The monoisotopic (exact) mass is 738 g/mol. The second-order valence-corrected chi connectivity index (χ2v) is 12.1. The molecule has 6 rings (SSSR count). The third kappa shape index (κ3) is 10.3. The predicted molar refractivity (Wildman–Crippen MR) is 220 cm³/mol. The molecule has 0 N–H and O–H groups in total. The fraction of sp³-hybridized carbons (Fsp3) is 0.256. The molecule has 0 spiro atoms. The Morgan fingerprint density at radius 3 is 1.98 bits per heavy atom. The summed E-state index contributed by atoms with van der Waals surface area (Å²) in [5.41, 5.74) is 4.31. The van der Waals surface area contributed by atoms with E-state index in [1.165, 1.54) is 10.9 Å². The van der Waals surface area contributed by atoms with Gasteiger partial charge in [0.15, 0.2) is 23.0 Å². The molecule has 9 heteroatoms. The number of thiocarbonyl (C=S) groups is 1. The van der Waals surface area contributed by atoms with E-state index in [1.54, 1.807) is 0 Å². The molecule has 0 amide bonds. The molecule has 6 aromatic rings. The first kappa shape index (κ1) is 39.7. The molecule has 0 fully saturated rings. The Labute approximate surface area is 318 Å². The molecule has 1 aromatic heterocycles. The molecule has 0 aliphatic heterocycles. The smallest absolute Gasteiger partial charge is 0.269 e. The van der Waals surface area contributed by atoms with E-state index in [0.29, 0.717) is 38.0 Å². The molecule has 0 unspecified atom stereocenters. The number of hydrogen-bond acceptors (Lipinski definition) is 7. The lowest BCUT2D eigenvalue weighted by Crippen LogP contribution is -2.29. The van der Waals surface area contributed by atoms with Crippen molar-refractivity contribution in [2.24, 2.45) is 0 Å². The molecule has 0 aliphatic rings. The van der Waals surface area contributed by atoms with Crippen molar-refractivity contribution in [2.75, 3.05) is 38.4 Å². The van der Waals surface area contributed by atoms with E-state index in [9.17, 15) is 0 Å². The second-order valence-electron chi connectivity index (χ2n) is 11.7. The molecular weight excluding hydrogens is 692 g/mol. The predicted octanol–water partition coefficient (Wildman–Crippen LogP) is 10.8. The highest BCUT2D eigenvalue weighted by atomic mass is 35.5. The number of halogens is 1. The maximum atomic E-state index is 5.84. The molecule has 0 bridgehead atoms. The van der Waals surface area contributed by atoms with Gasteiger partial charge in [0.05, 0.1) is 32.1 Å². The maximum Gasteiger partial charge on any atom is 0.269 e. The van der Waals surface area contributed by atoms with Crippen LogP contribution >= 0.6 is 24.6 Å².